The molecule has 0 rings (SSSR count). The van der Waals surface area contributed by atoms with Gasteiger partial charge in [-0.2, -0.15) is 0 Å². The largest absolute Gasteiger partial charge is 0.466 e. The lowest BCUT2D eigenvalue weighted by molar-refractivity contribution is -0.143. The first kappa shape index (κ1) is 59.3. The lowest BCUT2D eigenvalue weighted by Crippen LogP contribution is -2.45. The van der Waals surface area contributed by atoms with Gasteiger partial charge in [-0.3, -0.25) is 9.59 Å². The number of aliphatic hydroxyl groups excluding tert-OH is 2. The lowest BCUT2D eigenvalue weighted by atomic mass is 10.0. The van der Waals surface area contributed by atoms with E-state index in [0.717, 1.165) is 44.9 Å². The first-order valence-corrected chi connectivity index (χ1v) is 27.1. The number of hydrogen-bond donors (Lipinski definition) is 3. The van der Waals surface area contributed by atoms with Gasteiger partial charge in [0.1, 0.15) is 0 Å². The summed E-state index contributed by atoms with van der Waals surface area (Å²) in [6.45, 7) is 4.87. The van der Waals surface area contributed by atoms with Crippen LogP contribution in [0.4, 0.5) is 0 Å². The third-order valence-corrected chi connectivity index (χ3v) is 12.5. The maximum absolute atomic E-state index is 12.4. The standard InChI is InChI=1S/C55H105NO5/c1-3-5-7-9-11-13-15-16-25-29-33-37-41-45-49-55(60)61-50-46-42-38-34-30-26-23-21-19-17-18-20-22-24-28-32-36-40-44-48-54(59)56-52(51-57)53(58)47-43-39-35-31-27-14-12-10-8-6-4-2/h15-16,43,47,52-53,57-58H,3-14,17-42,44-46,48-51H2,1-2H3,(H,56,59)/b16-15-,47-43+. The average molecular weight is 860 g/mol. The molecule has 61 heavy (non-hydrogen) atoms. The van der Waals surface area contributed by atoms with Crippen LogP contribution in [0, 0.1) is 0 Å². The quantitative estimate of drug-likeness (QED) is 0.0322. The maximum atomic E-state index is 12.4. The Morgan fingerprint density at radius 2 is 0.770 bits per heavy atom. The van der Waals surface area contributed by atoms with E-state index in [4.69, 9.17) is 4.74 Å². The fraction of sp³-hybridized carbons (Fsp3) is 0.891. The molecule has 0 saturated heterocycles. The van der Waals surface area contributed by atoms with Crippen molar-refractivity contribution in [3.63, 3.8) is 0 Å². The molecular formula is C55H105NO5. The molecule has 1 amide bonds. The summed E-state index contributed by atoms with van der Waals surface area (Å²) >= 11 is 0. The van der Waals surface area contributed by atoms with Gasteiger partial charge in [-0.15, -0.1) is 0 Å². The normalized spacial score (nSPS) is 12.8. The van der Waals surface area contributed by atoms with Gasteiger partial charge in [-0.1, -0.05) is 244 Å². The van der Waals surface area contributed by atoms with Crippen molar-refractivity contribution in [3.05, 3.63) is 24.3 Å². The van der Waals surface area contributed by atoms with E-state index in [2.05, 4.69) is 31.3 Å². The van der Waals surface area contributed by atoms with Crippen LogP contribution in [0.25, 0.3) is 0 Å². The predicted octanol–water partition coefficient (Wildman–Crippen LogP) is 16.3. The molecule has 3 N–H and O–H groups in total. The summed E-state index contributed by atoms with van der Waals surface area (Å²) in [6, 6.07) is -0.628. The molecule has 0 aromatic rings. The highest BCUT2D eigenvalue weighted by molar-refractivity contribution is 5.76. The third-order valence-electron chi connectivity index (χ3n) is 12.5. The molecule has 0 spiro atoms. The van der Waals surface area contributed by atoms with Crippen LogP contribution in [0.1, 0.15) is 290 Å². The molecule has 6 heteroatoms. The molecule has 0 bridgehead atoms. The van der Waals surface area contributed by atoms with Crippen LogP contribution in [0.3, 0.4) is 0 Å². The highest BCUT2D eigenvalue weighted by Gasteiger charge is 2.18. The van der Waals surface area contributed by atoms with Crippen molar-refractivity contribution in [1.29, 1.82) is 0 Å². The number of aliphatic hydroxyl groups is 2. The highest BCUT2D eigenvalue weighted by Crippen LogP contribution is 2.16. The van der Waals surface area contributed by atoms with Crippen LogP contribution in [-0.4, -0.2) is 47.4 Å². The Morgan fingerprint density at radius 3 is 1.16 bits per heavy atom. The number of esters is 1. The number of amides is 1. The summed E-state index contributed by atoms with van der Waals surface area (Å²) in [6.07, 6.45) is 60.5. The van der Waals surface area contributed by atoms with E-state index in [1.54, 1.807) is 6.08 Å². The van der Waals surface area contributed by atoms with E-state index < -0.39 is 12.1 Å². The van der Waals surface area contributed by atoms with E-state index in [-0.39, 0.29) is 18.5 Å². The van der Waals surface area contributed by atoms with Gasteiger partial charge in [0.15, 0.2) is 0 Å². The van der Waals surface area contributed by atoms with Gasteiger partial charge < -0.3 is 20.3 Å². The van der Waals surface area contributed by atoms with Gasteiger partial charge in [0.05, 0.1) is 25.4 Å². The van der Waals surface area contributed by atoms with Gasteiger partial charge in [-0.25, -0.2) is 0 Å². The number of allylic oxidation sites excluding steroid dienone is 3. The smallest absolute Gasteiger partial charge is 0.305 e. The minimum absolute atomic E-state index is 0.000546. The molecule has 2 atom stereocenters. The monoisotopic (exact) mass is 860 g/mol. The number of ether oxygens (including phenoxy) is 1. The molecular weight excluding hydrogens is 755 g/mol. The summed E-state index contributed by atoms with van der Waals surface area (Å²) in [5.41, 5.74) is 0. The molecule has 2 unspecified atom stereocenters. The molecule has 360 valence electrons. The predicted molar refractivity (Wildman–Crippen MR) is 264 cm³/mol. The van der Waals surface area contributed by atoms with Gasteiger partial charge in [0.25, 0.3) is 0 Å². The Labute approximate surface area is 380 Å². The van der Waals surface area contributed by atoms with Gasteiger partial charge in [0, 0.05) is 12.8 Å². The molecule has 0 saturated carbocycles. The maximum Gasteiger partial charge on any atom is 0.305 e. The second-order valence-electron chi connectivity index (χ2n) is 18.6. The van der Waals surface area contributed by atoms with Crippen molar-refractivity contribution >= 4 is 11.9 Å². The van der Waals surface area contributed by atoms with E-state index in [9.17, 15) is 19.8 Å². The van der Waals surface area contributed by atoms with Gasteiger partial charge in [-0.05, 0) is 57.8 Å². The Balaban J connectivity index is 3.41. The zero-order valence-corrected chi connectivity index (χ0v) is 40.9. The highest BCUT2D eigenvalue weighted by atomic mass is 16.5. The van der Waals surface area contributed by atoms with Crippen LogP contribution in [0.5, 0.6) is 0 Å². The fourth-order valence-corrected chi connectivity index (χ4v) is 8.27. The number of hydrogen-bond acceptors (Lipinski definition) is 5. The Kier molecular flexibility index (Phi) is 49.6. The summed E-state index contributed by atoms with van der Waals surface area (Å²) in [5.74, 6) is -0.0727. The number of rotatable bonds is 50. The third kappa shape index (κ3) is 47.7. The van der Waals surface area contributed by atoms with Crippen molar-refractivity contribution in [2.75, 3.05) is 13.2 Å². The van der Waals surface area contributed by atoms with E-state index in [1.165, 1.54) is 218 Å². The van der Waals surface area contributed by atoms with Crippen LogP contribution in [0.15, 0.2) is 24.3 Å². The number of carbonyl (C=O) groups is 2. The molecule has 0 aromatic carbocycles. The molecule has 0 radical (unpaired) electrons. The SMILES string of the molecule is CCCCCCC/C=C\CCCCCCCC(=O)OCCCCCCCCCCCCCCCCCCCCCC(=O)NC(CO)C(O)/C=C/CCCCCCCCCCC. The van der Waals surface area contributed by atoms with Crippen LogP contribution < -0.4 is 5.32 Å². The zero-order valence-electron chi connectivity index (χ0n) is 40.9. The fourth-order valence-electron chi connectivity index (χ4n) is 8.27. The molecule has 0 aliphatic carbocycles. The molecule has 0 heterocycles. The van der Waals surface area contributed by atoms with Crippen LogP contribution in [0.2, 0.25) is 0 Å². The Bertz CT molecular complexity index is 951. The van der Waals surface area contributed by atoms with E-state index in [0.29, 0.717) is 19.4 Å². The van der Waals surface area contributed by atoms with Gasteiger partial charge in [0.2, 0.25) is 5.91 Å². The van der Waals surface area contributed by atoms with Crippen molar-refractivity contribution < 1.29 is 24.5 Å². The lowest BCUT2D eigenvalue weighted by Gasteiger charge is -2.20. The summed E-state index contributed by atoms with van der Waals surface area (Å²) in [7, 11) is 0. The molecule has 0 aromatic heterocycles. The molecule has 0 fully saturated rings. The van der Waals surface area contributed by atoms with Gasteiger partial charge >= 0.3 is 5.97 Å². The Hall–Kier alpha value is -1.66. The van der Waals surface area contributed by atoms with Crippen molar-refractivity contribution in [2.45, 2.75) is 302 Å². The number of unbranched alkanes of at least 4 members (excludes halogenated alkanes) is 37. The molecule has 6 nitrogen and oxygen atoms in total. The molecule has 0 aliphatic rings. The number of carbonyl (C=O) groups excluding carboxylic acids is 2. The first-order valence-electron chi connectivity index (χ1n) is 27.1. The topological polar surface area (TPSA) is 95.9 Å². The minimum atomic E-state index is -0.844. The molecule has 0 aliphatic heterocycles. The van der Waals surface area contributed by atoms with Crippen molar-refractivity contribution in [2.24, 2.45) is 0 Å². The minimum Gasteiger partial charge on any atom is -0.466 e. The number of nitrogens with one attached hydrogen (secondary N) is 1. The van der Waals surface area contributed by atoms with E-state index in [1.807, 2.05) is 6.08 Å². The summed E-state index contributed by atoms with van der Waals surface area (Å²) < 4.78 is 5.47. The Morgan fingerprint density at radius 1 is 0.443 bits per heavy atom. The zero-order chi connectivity index (χ0) is 44.4. The summed E-state index contributed by atoms with van der Waals surface area (Å²) in [4.78, 5) is 24.4. The van der Waals surface area contributed by atoms with Crippen molar-refractivity contribution in [3.8, 4) is 0 Å². The van der Waals surface area contributed by atoms with Crippen molar-refractivity contribution in [1.82, 2.24) is 5.32 Å². The van der Waals surface area contributed by atoms with Crippen LogP contribution >= 0.6 is 0 Å². The summed E-state index contributed by atoms with van der Waals surface area (Å²) in [5, 5.41) is 23.0. The van der Waals surface area contributed by atoms with E-state index >= 15 is 0 Å². The van der Waals surface area contributed by atoms with Crippen LogP contribution in [-0.2, 0) is 14.3 Å². The second-order valence-corrected chi connectivity index (χ2v) is 18.6. The first-order chi connectivity index (χ1) is 30.0. The second kappa shape index (κ2) is 51.0. The average Bonchev–Trinajstić information content (AvgIpc) is 3.26.